The summed E-state index contributed by atoms with van der Waals surface area (Å²) in [6.07, 6.45) is 0. The van der Waals surface area contributed by atoms with Crippen molar-refractivity contribution in [1.29, 1.82) is 0 Å². The van der Waals surface area contributed by atoms with Gasteiger partial charge < -0.3 is 0 Å². The molecule has 0 aliphatic rings. The molecule has 0 spiro atoms. The van der Waals surface area contributed by atoms with Crippen LogP contribution in [0.3, 0.4) is 0 Å². The van der Waals surface area contributed by atoms with Gasteiger partial charge in [-0.05, 0) is 0 Å². The summed E-state index contributed by atoms with van der Waals surface area (Å²) in [6, 6.07) is 0. The molecule has 1 rings (SSSR count). The molecular weight excluding hydrogens is 352 g/mol. The van der Waals surface area contributed by atoms with Crippen molar-refractivity contribution in [3.63, 3.8) is 0 Å². The van der Waals surface area contributed by atoms with E-state index in [4.69, 9.17) is 5.73 Å². The van der Waals surface area contributed by atoms with Crippen molar-refractivity contribution in [2.75, 3.05) is 5.73 Å². The van der Waals surface area contributed by atoms with Gasteiger partial charge in [0.25, 0.3) is 0 Å². The first-order valence-corrected chi connectivity index (χ1v) is 9.82. The Morgan fingerprint density at radius 2 is 2.50 bits per heavy atom. The topological polar surface area (TPSA) is 51.8 Å². The Bertz CT molecular complexity index is 176. The molecule has 0 unspecified atom stereocenters. The van der Waals surface area contributed by atoms with Crippen LogP contribution < -0.4 is 23.0 Å². The maximum atomic E-state index is 5.31. The van der Waals surface area contributed by atoms with E-state index in [1.807, 2.05) is 0 Å². The molecule has 0 saturated carbocycles. The fourth-order valence-electron chi connectivity index (χ4n) is 0.245. The molecule has 3 nitrogen and oxygen atoms in total. The Labute approximate surface area is 70.7 Å². The first-order valence-electron chi connectivity index (χ1n) is 1.68. The van der Waals surface area contributed by atoms with Gasteiger partial charge >= 0.3 is 71.4 Å². The van der Waals surface area contributed by atoms with Crippen molar-refractivity contribution in [3.05, 3.63) is 3.83 Å². The Morgan fingerprint density at radius 3 is 2.75 bits per heavy atom. The van der Waals surface area contributed by atoms with Crippen molar-refractivity contribution in [2.45, 2.75) is 0 Å². The fraction of sp³-hybridized carbons (Fsp3) is 0. The summed E-state index contributed by atoms with van der Waals surface area (Å²) in [5.74, 6) is 0. The number of rotatable bonds is 1. The van der Waals surface area contributed by atoms with Crippen LogP contribution in [-0.4, -0.2) is 9.36 Å². The molecule has 46 valence electrons. The van der Waals surface area contributed by atoms with Gasteiger partial charge in [0.2, 0.25) is 0 Å². The number of hydrogen-bond donors (Lipinski definition) is 1. The second-order valence-electron chi connectivity index (χ2n) is 0.973. The normalized spacial score (nSPS) is 10.1. The molecule has 1 aromatic heterocycles. The first kappa shape index (κ1) is 6.93. The van der Waals surface area contributed by atoms with Gasteiger partial charge in [-0.15, -0.1) is 0 Å². The first-order chi connectivity index (χ1) is 3.83. The third kappa shape index (κ3) is 1.65. The summed E-state index contributed by atoms with van der Waals surface area (Å²) >= 11 is 3.58. The fourth-order valence-corrected chi connectivity index (χ4v) is 3.75. The van der Waals surface area contributed by atoms with E-state index >= 15 is 0 Å². The molecule has 0 aromatic carbocycles. The monoisotopic (exact) mass is 354 g/mol. The van der Waals surface area contributed by atoms with E-state index in [1.165, 1.54) is 11.5 Å². The molecule has 0 radical (unpaired) electrons. The van der Waals surface area contributed by atoms with Gasteiger partial charge in [0.05, 0.1) is 0 Å². The second-order valence-corrected chi connectivity index (χ2v) is 5.86. The number of anilines is 1. The maximum absolute atomic E-state index is 5.31. The van der Waals surface area contributed by atoms with Crippen LogP contribution in [-0.2, 0) is 0 Å². The van der Waals surface area contributed by atoms with Crippen molar-refractivity contribution in [3.8, 4) is 0 Å². The summed E-state index contributed by atoms with van der Waals surface area (Å²) in [4.78, 5) is 3.96. The predicted molar refractivity (Wildman–Crippen MR) is 37.0 cm³/mol. The van der Waals surface area contributed by atoms with Gasteiger partial charge in [-0.25, -0.2) is 0 Å². The number of nitrogens with two attached hydrogens (primary N) is 1. The van der Waals surface area contributed by atoms with Gasteiger partial charge in [-0.2, -0.15) is 0 Å². The number of hydrogen-bond acceptors (Lipinski definition) is 4. The quantitative estimate of drug-likeness (QED) is 0.579. The molecule has 0 fully saturated rings. The summed E-state index contributed by atoms with van der Waals surface area (Å²) < 4.78 is 4.92. The minimum atomic E-state index is 0.00837. The van der Waals surface area contributed by atoms with E-state index < -0.39 is 0 Å². The molecular formula is C2H2I2N3S-. The molecule has 1 heterocycles. The Kier molecular flexibility index (Phi) is 2.69. The zero-order valence-electron chi connectivity index (χ0n) is 3.64. The summed E-state index contributed by atoms with van der Waals surface area (Å²) in [5.41, 5.74) is 5.31. The van der Waals surface area contributed by atoms with Crippen LogP contribution >= 0.6 is 30.1 Å². The van der Waals surface area contributed by atoms with E-state index in [9.17, 15) is 0 Å². The average molecular weight is 354 g/mol. The predicted octanol–water partition coefficient (Wildman–Crippen LogP) is -2.27. The van der Waals surface area contributed by atoms with Gasteiger partial charge in [0, 0.05) is 0 Å². The van der Waals surface area contributed by atoms with E-state index in [2.05, 4.69) is 28.0 Å². The Morgan fingerprint density at radius 1 is 1.75 bits per heavy atom. The Hall–Kier alpha value is 0.820. The van der Waals surface area contributed by atoms with E-state index in [-0.39, 0.29) is 17.2 Å². The number of nitrogen functional groups attached to an aromatic ring is 1. The molecule has 0 amide bonds. The molecule has 8 heavy (non-hydrogen) atoms. The van der Waals surface area contributed by atoms with Crippen LogP contribution in [0.2, 0.25) is 0 Å². The van der Waals surface area contributed by atoms with Gasteiger partial charge in [0.1, 0.15) is 0 Å². The third-order valence-electron chi connectivity index (χ3n) is 0.481. The van der Waals surface area contributed by atoms with Crippen LogP contribution in [0, 0.1) is 3.83 Å². The van der Waals surface area contributed by atoms with E-state index in [1.54, 1.807) is 0 Å². The van der Waals surface area contributed by atoms with Crippen LogP contribution in [0.5, 0.6) is 0 Å². The molecule has 0 saturated heterocycles. The molecule has 0 bridgehead atoms. The van der Waals surface area contributed by atoms with Crippen molar-refractivity contribution in [1.82, 2.24) is 9.36 Å². The minimum absolute atomic E-state index is 0.00837. The third-order valence-corrected chi connectivity index (χ3v) is 4.64. The second kappa shape index (κ2) is 3.11. The van der Waals surface area contributed by atoms with Gasteiger partial charge in [-0.3, -0.25) is 0 Å². The molecule has 0 aliphatic carbocycles. The van der Waals surface area contributed by atoms with Crippen molar-refractivity contribution >= 4 is 35.3 Å². The zero-order chi connectivity index (χ0) is 5.98. The van der Waals surface area contributed by atoms with Crippen LogP contribution in [0.4, 0.5) is 5.13 Å². The summed E-state index contributed by atoms with van der Waals surface area (Å²) in [5, 5.41) is 0.580. The SMILES string of the molecule is Nc1nc([I-]I)ns1. The number of aromatic nitrogens is 2. The standard InChI is InChI=1S/C2H2I2N3S/c3-4-1-6-2(5)8-7-1/h(H2,5,6,7)/q-1. The Balaban J connectivity index is 2.84. The molecule has 1 aromatic rings. The number of nitrogens with zero attached hydrogens (tertiary/aromatic N) is 2. The van der Waals surface area contributed by atoms with Gasteiger partial charge in [-0.1, -0.05) is 0 Å². The average Bonchev–Trinajstić information content (AvgIpc) is 2.14. The molecule has 6 heteroatoms. The van der Waals surface area contributed by atoms with Gasteiger partial charge in [0.15, 0.2) is 0 Å². The van der Waals surface area contributed by atoms with Crippen LogP contribution in [0.25, 0.3) is 0 Å². The molecule has 2 N–H and O–H groups in total. The molecule has 0 aliphatic heterocycles. The summed E-state index contributed by atoms with van der Waals surface area (Å²) in [7, 11) is 0. The van der Waals surface area contributed by atoms with Crippen molar-refractivity contribution in [2.24, 2.45) is 0 Å². The van der Waals surface area contributed by atoms with Crippen LogP contribution in [0.15, 0.2) is 0 Å². The van der Waals surface area contributed by atoms with E-state index in [0.29, 0.717) is 5.13 Å². The van der Waals surface area contributed by atoms with E-state index in [0.717, 1.165) is 3.83 Å². The molecule has 0 atom stereocenters. The zero-order valence-corrected chi connectivity index (χ0v) is 8.77. The van der Waals surface area contributed by atoms with Crippen LogP contribution in [0.1, 0.15) is 0 Å². The van der Waals surface area contributed by atoms with Crippen molar-refractivity contribution < 1.29 is 17.2 Å². The summed E-state index contributed by atoms with van der Waals surface area (Å²) in [6.45, 7) is 0. The number of halogens is 2.